The lowest BCUT2D eigenvalue weighted by Crippen LogP contribution is -2.31. The van der Waals surface area contributed by atoms with E-state index in [9.17, 15) is 14.4 Å². The lowest BCUT2D eigenvalue weighted by molar-refractivity contribution is -0.121. The maximum absolute atomic E-state index is 12.7. The van der Waals surface area contributed by atoms with E-state index >= 15 is 0 Å². The Hall–Kier alpha value is -3.17. The SMILES string of the molecule is CCCCCn1c(CCC(=O)NCCCn2cccn2)nc2c1c(=O)[nH]c(=O)n2CCCC. The van der Waals surface area contributed by atoms with E-state index in [1.165, 1.54) is 0 Å². The number of fused-ring (bicyclic) bond motifs is 1. The summed E-state index contributed by atoms with van der Waals surface area (Å²) in [4.78, 5) is 44.6. The number of rotatable bonds is 14. The number of carbonyl (C=O) groups is 1. The van der Waals surface area contributed by atoms with Gasteiger partial charge in [0.05, 0.1) is 0 Å². The zero-order valence-corrected chi connectivity index (χ0v) is 19.7. The first-order valence-electron chi connectivity index (χ1n) is 12.0. The minimum atomic E-state index is -0.430. The minimum absolute atomic E-state index is 0.0556. The van der Waals surface area contributed by atoms with E-state index in [0.717, 1.165) is 45.1 Å². The second kappa shape index (κ2) is 12.2. The molecule has 0 radical (unpaired) electrons. The summed E-state index contributed by atoms with van der Waals surface area (Å²) >= 11 is 0. The standard InChI is InChI=1S/C23H35N7O3/c1-3-5-7-17-29-18(10-11-19(31)24-12-8-14-28-15-9-13-25-28)26-21-20(29)22(32)27-23(33)30(21)16-6-4-2/h9,13,15H,3-8,10-12,14,16-17H2,1-2H3,(H,24,31)(H,27,32,33). The topological polar surface area (TPSA) is 120 Å². The van der Waals surface area contributed by atoms with Gasteiger partial charge in [-0.2, -0.15) is 5.10 Å². The number of unbranched alkanes of at least 4 members (excludes halogenated alkanes) is 3. The van der Waals surface area contributed by atoms with Crippen LogP contribution < -0.4 is 16.6 Å². The van der Waals surface area contributed by atoms with Crippen LogP contribution in [0.1, 0.15) is 64.6 Å². The highest BCUT2D eigenvalue weighted by molar-refractivity contribution is 5.76. The molecule has 0 spiro atoms. The van der Waals surface area contributed by atoms with Crippen LogP contribution in [0.5, 0.6) is 0 Å². The predicted molar refractivity (Wildman–Crippen MR) is 127 cm³/mol. The predicted octanol–water partition coefficient (Wildman–Crippen LogP) is 2.21. The molecule has 33 heavy (non-hydrogen) atoms. The number of carbonyl (C=O) groups excluding carboxylic acids is 1. The fourth-order valence-corrected chi connectivity index (χ4v) is 3.91. The smallest absolute Gasteiger partial charge is 0.330 e. The second-order valence-corrected chi connectivity index (χ2v) is 8.30. The van der Waals surface area contributed by atoms with Crippen molar-refractivity contribution in [1.29, 1.82) is 0 Å². The summed E-state index contributed by atoms with van der Waals surface area (Å²) in [6, 6.07) is 1.87. The summed E-state index contributed by atoms with van der Waals surface area (Å²) in [5.41, 5.74) is 0.00136. The first-order chi connectivity index (χ1) is 16.0. The van der Waals surface area contributed by atoms with E-state index < -0.39 is 11.2 Å². The van der Waals surface area contributed by atoms with Crippen LogP contribution in [0.15, 0.2) is 28.0 Å². The van der Waals surface area contributed by atoms with Gasteiger partial charge in [0.25, 0.3) is 5.56 Å². The summed E-state index contributed by atoms with van der Waals surface area (Å²) in [7, 11) is 0. The van der Waals surface area contributed by atoms with Crippen molar-refractivity contribution in [2.45, 2.75) is 84.8 Å². The van der Waals surface area contributed by atoms with Crippen molar-refractivity contribution >= 4 is 17.1 Å². The molecule has 0 unspecified atom stereocenters. The highest BCUT2D eigenvalue weighted by atomic mass is 16.2. The normalized spacial score (nSPS) is 11.3. The van der Waals surface area contributed by atoms with E-state index in [1.54, 1.807) is 10.8 Å². The van der Waals surface area contributed by atoms with Gasteiger partial charge in [-0.05, 0) is 25.3 Å². The molecule has 0 aromatic carbocycles. The van der Waals surface area contributed by atoms with Gasteiger partial charge in [-0.15, -0.1) is 0 Å². The Morgan fingerprint density at radius 1 is 1.03 bits per heavy atom. The first-order valence-corrected chi connectivity index (χ1v) is 12.0. The van der Waals surface area contributed by atoms with Crippen molar-refractivity contribution < 1.29 is 4.79 Å². The van der Waals surface area contributed by atoms with Crippen LogP contribution in [0.4, 0.5) is 0 Å². The van der Waals surface area contributed by atoms with E-state index in [1.807, 2.05) is 21.5 Å². The molecule has 3 aromatic heterocycles. The maximum atomic E-state index is 12.7. The molecule has 180 valence electrons. The maximum Gasteiger partial charge on any atom is 0.330 e. The van der Waals surface area contributed by atoms with E-state index in [-0.39, 0.29) is 12.3 Å². The van der Waals surface area contributed by atoms with Gasteiger partial charge < -0.3 is 9.88 Å². The molecule has 3 rings (SSSR count). The molecule has 0 saturated carbocycles. The van der Waals surface area contributed by atoms with Gasteiger partial charge in [0.1, 0.15) is 5.82 Å². The third-order valence-electron chi connectivity index (χ3n) is 5.71. The fourth-order valence-electron chi connectivity index (χ4n) is 3.91. The van der Waals surface area contributed by atoms with Gasteiger partial charge in [0.15, 0.2) is 11.2 Å². The summed E-state index contributed by atoms with van der Waals surface area (Å²) < 4.78 is 5.28. The third-order valence-corrected chi connectivity index (χ3v) is 5.71. The second-order valence-electron chi connectivity index (χ2n) is 8.30. The molecule has 0 aliphatic heterocycles. The van der Waals surface area contributed by atoms with E-state index in [2.05, 4.69) is 34.2 Å². The molecule has 3 heterocycles. The molecule has 0 fully saturated rings. The van der Waals surface area contributed by atoms with Crippen molar-refractivity contribution in [1.82, 2.24) is 34.2 Å². The molecular weight excluding hydrogens is 422 g/mol. The molecule has 0 aliphatic carbocycles. The molecule has 1 amide bonds. The van der Waals surface area contributed by atoms with Crippen molar-refractivity contribution in [3.63, 3.8) is 0 Å². The van der Waals surface area contributed by atoms with Crippen molar-refractivity contribution in [2.75, 3.05) is 6.54 Å². The zero-order valence-electron chi connectivity index (χ0n) is 19.7. The first kappa shape index (κ1) is 24.5. The summed E-state index contributed by atoms with van der Waals surface area (Å²) in [5.74, 6) is 0.619. The van der Waals surface area contributed by atoms with E-state index in [4.69, 9.17) is 0 Å². The van der Waals surface area contributed by atoms with Crippen molar-refractivity contribution in [3.05, 3.63) is 45.1 Å². The average molecular weight is 458 g/mol. The number of nitrogens with one attached hydrogen (secondary N) is 2. The number of nitrogens with zero attached hydrogens (tertiary/aromatic N) is 5. The van der Waals surface area contributed by atoms with Crippen LogP contribution >= 0.6 is 0 Å². The molecule has 0 bridgehead atoms. The molecule has 10 heteroatoms. The summed E-state index contributed by atoms with van der Waals surface area (Å²) in [5, 5.41) is 7.09. The Balaban J connectivity index is 1.73. The Labute approximate surface area is 193 Å². The van der Waals surface area contributed by atoms with Gasteiger partial charge in [-0.25, -0.2) is 9.78 Å². The number of aromatic nitrogens is 6. The van der Waals surface area contributed by atoms with Gasteiger partial charge in [-0.3, -0.25) is 23.8 Å². The van der Waals surface area contributed by atoms with Gasteiger partial charge >= 0.3 is 5.69 Å². The number of aromatic amines is 1. The number of hydrogen-bond donors (Lipinski definition) is 2. The number of aryl methyl sites for hydroxylation is 4. The van der Waals surface area contributed by atoms with Crippen LogP contribution in [0.2, 0.25) is 0 Å². The van der Waals surface area contributed by atoms with Crippen LogP contribution in [-0.2, 0) is 30.8 Å². The third kappa shape index (κ3) is 6.43. The van der Waals surface area contributed by atoms with Gasteiger partial charge in [0, 0.05) is 51.4 Å². The summed E-state index contributed by atoms with van der Waals surface area (Å²) in [6.07, 6.45) is 9.85. The molecule has 3 aromatic rings. The van der Waals surface area contributed by atoms with Crippen LogP contribution in [0.25, 0.3) is 11.2 Å². The van der Waals surface area contributed by atoms with Crippen LogP contribution in [-0.4, -0.2) is 41.3 Å². The Bertz CT molecular complexity index is 1140. The highest BCUT2D eigenvalue weighted by Gasteiger charge is 2.19. The molecular formula is C23H35N7O3. The largest absolute Gasteiger partial charge is 0.356 e. The van der Waals surface area contributed by atoms with Crippen LogP contribution in [0, 0.1) is 0 Å². The fraction of sp³-hybridized carbons (Fsp3) is 0.609. The Morgan fingerprint density at radius 3 is 2.55 bits per heavy atom. The number of H-pyrrole nitrogens is 1. The molecule has 0 atom stereocenters. The minimum Gasteiger partial charge on any atom is -0.356 e. The van der Waals surface area contributed by atoms with Crippen molar-refractivity contribution in [3.8, 4) is 0 Å². The monoisotopic (exact) mass is 457 g/mol. The van der Waals surface area contributed by atoms with E-state index in [0.29, 0.717) is 43.0 Å². The highest BCUT2D eigenvalue weighted by Crippen LogP contribution is 2.15. The van der Waals surface area contributed by atoms with Gasteiger partial charge in [-0.1, -0.05) is 33.1 Å². The van der Waals surface area contributed by atoms with Gasteiger partial charge in [0.2, 0.25) is 5.91 Å². The quantitative estimate of drug-likeness (QED) is 0.360. The van der Waals surface area contributed by atoms with Crippen LogP contribution in [0.3, 0.4) is 0 Å². The molecule has 0 saturated heterocycles. The Morgan fingerprint density at radius 2 is 1.82 bits per heavy atom. The number of imidazole rings is 1. The molecule has 0 aliphatic rings. The molecule has 10 nitrogen and oxygen atoms in total. The summed E-state index contributed by atoms with van der Waals surface area (Å²) in [6.45, 7) is 6.64. The lowest BCUT2D eigenvalue weighted by atomic mass is 10.2. The van der Waals surface area contributed by atoms with Crippen molar-refractivity contribution in [2.24, 2.45) is 0 Å². The lowest BCUT2D eigenvalue weighted by Gasteiger charge is -2.09. The molecule has 2 N–H and O–H groups in total. The average Bonchev–Trinajstić information content (AvgIpc) is 3.44. The number of hydrogen-bond acceptors (Lipinski definition) is 5. The number of amides is 1. The zero-order chi connectivity index (χ0) is 23.6. The Kier molecular flexibility index (Phi) is 9.03.